The number of rotatable bonds is 6. The quantitative estimate of drug-likeness (QED) is 0.404. The van der Waals surface area contributed by atoms with Gasteiger partial charge in [0, 0.05) is 5.41 Å². The third-order valence-corrected chi connectivity index (χ3v) is 2.65. The number of carbonyl (C=O) groups excluding carboxylic acids is 1. The van der Waals surface area contributed by atoms with Gasteiger partial charge in [-0.1, -0.05) is 33.6 Å². The van der Waals surface area contributed by atoms with Crippen molar-refractivity contribution in [1.82, 2.24) is 0 Å². The molecule has 0 aromatic rings. The van der Waals surface area contributed by atoms with E-state index in [1.807, 2.05) is 6.92 Å². The first-order chi connectivity index (χ1) is 7.00. The van der Waals surface area contributed by atoms with Crippen LogP contribution in [0.5, 0.6) is 0 Å². The van der Waals surface area contributed by atoms with E-state index in [-0.39, 0.29) is 5.41 Å². The van der Waals surface area contributed by atoms with Crippen LogP contribution >= 0.6 is 0 Å². The maximum Gasteiger partial charge on any atom is 0.529 e. The molecular weight excluding hydrogens is 196 g/mol. The predicted octanol–water partition coefficient (Wildman–Crippen LogP) is 1.90. The molecule has 0 saturated carbocycles. The van der Waals surface area contributed by atoms with E-state index in [1.165, 1.54) is 0 Å². The van der Waals surface area contributed by atoms with Crippen molar-refractivity contribution in [3.8, 4) is 0 Å². The number of ether oxygens (including phenoxy) is 1. The summed E-state index contributed by atoms with van der Waals surface area (Å²) in [5, 5.41) is 0. The van der Waals surface area contributed by atoms with Gasteiger partial charge >= 0.3 is 6.16 Å². The highest BCUT2D eigenvalue weighted by Crippen LogP contribution is 2.32. The Labute approximate surface area is 91.0 Å². The molecule has 0 aromatic heterocycles. The molecule has 0 fully saturated rings. The molecule has 0 amide bonds. The zero-order valence-corrected chi connectivity index (χ0v) is 9.79. The van der Waals surface area contributed by atoms with E-state index in [4.69, 9.17) is 10.5 Å². The Hall–Kier alpha value is -0.810. The second-order valence-corrected chi connectivity index (χ2v) is 4.06. The van der Waals surface area contributed by atoms with Gasteiger partial charge in [0.2, 0.25) is 0 Å². The molecule has 0 aliphatic heterocycles. The van der Waals surface area contributed by atoms with E-state index >= 15 is 0 Å². The Balaban J connectivity index is 4.39. The standard InChI is InChI=1S/C10H22N2O3/c1-4-6-10(3,7-5-2)8(11)14-9(13)15-12/h8H,4-7,11-12H2,1-3H3. The maximum absolute atomic E-state index is 10.8. The topological polar surface area (TPSA) is 87.6 Å². The summed E-state index contributed by atoms with van der Waals surface area (Å²) in [4.78, 5) is 14.8. The average Bonchev–Trinajstić information content (AvgIpc) is 2.18. The summed E-state index contributed by atoms with van der Waals surface area (Å²) < 4.78 is 4.86. The average molecular weight is 218 g/mol. The minimum atomic E-state index is -0.930. The van der Waals surface area contributed by atoms with Gasteiger partial charge in [-0.25, -0.2) is 4.79 Å². The molecule has 5 heteroatoms. The SMILES string of the molecule is CCCC(C)(CCC)C(N)OC(=O)ON. The van der Waals surface area contributed by atoms with Crippen LogP contribution < -0.4 is 11.6 Å². The fourth-order valence-corrected chi connectivity index (χ4v) is 1.83. The number of carbonyl (C=O) groups is 1. The van der Waals surface area contributed by atoms with Crippen LogP contribution in [0.15, 0.2) is 0 Å². The molecular formula is C10H22N2O3. The van der Waals surface area contributed by atoms with Crippen LogP contribution in [0.1, 0.15) is 46.5 Å². The molecule has 0 radical (unpaired) electrons. The fraction of sp³-hybridized carbons (Fsp3) is 0.900. The lowest BCUT2D eigenvalue weighted by Gasteiger charge is -2.33. The highest BCUT2D eigenvalue weighted by Gasteiger charge is 2.33. The Morgan fingerprint density at radius 3 is 2.13 bits per heavy atom. The molecule has 15 heavy (non-hydrogen) atoms. The third-order valence-electron chi connectivity index (χ3n) is 2.65. The van der Waals surface area contributed by atoms with E-state index in [9.17, 15) is 4.79 Å². The highest BCUT2D eigenvalue weighted by atomic mass is 16.8. The van der Waals surface area contributed by atoms with Gasteiger partial charge in [-0.15, -0.1) is 0 Å². The van der Waals surface area contributed by atoms with Gasteiger partial charge in [0.25, 0.3) is 0 Å². The Bertz CT molecular complexity index is 191. The van der Waals surface area contributed by atoms with Gasteiger partial charge in [0.1, 0.15) is 0 Å². The second-order valence-electron chi connectivity index (χ2n) is 4.06. The summed E-state index contributed by atoms with van der Waals surface area (Å²) >= 11 is 0. The number of hydrogen-bond acceptors (Lipinski definition) is 5. The summed E-state index contributed by atoms with van der Waals surface area (Å²) in [7, 11) is 0. The summed E-state index contributed by atoms with van der Waals surface area (Å²) in [6.45, 7) is 6.15. The summed E-state index contributed by atoms with van der Waals surface area (Å²) in [5.41, 5.74) is 5.61. The first-order valence-corrected chi connectivity index (χ1v) is 5.33. The molecule has 0 rings (SSSR count). The summed E-state index contributed by atoms with van der Waals surface area (Å²) in [5.74, 6) is 4.68. The van der Waals surface area contributed by atoms with Crippen molar-refractivity contribution in [3.05, 3.63) is 0 Å². The van der Waals surface area contributed by atoms with Gasteiger partial charge in [-0.3, -0.25) is 5.73 Å². The minimum absolute atomic E-state index is 0.211. The van der Waals surface area contributed by atoms with Gasteiger partial charge in [0.05, 0.1) is 0 Å². The van der Waals surface area contributed by atoms with Crippen LogP contribution in [-0.2, 0) is 9.57 Å². The molecule has 0 heterocycles. The molecule has 4 N–H and O–H groups in total. The fourth-order valence-electron chi connectivity index (χ4n) is 1.83. The van der Waals surface area contributed by atoms with Crippen molar-refractivity contribution < 1.29 is 14.4 Å². The monoisotopic (exact) mass is 218 g/mol. The third kappa shape index (κ3) is 4.48. The summed E-state index contributed by atoms with van der Waals surface area (Å²) in [6, 6.07) is 0. The Morgan fingerprint density at radius 2 is 1.80 bits per heavy atom. The molecule has 0 aliphatic rings. The lowest BCUT2D eigenvalue weighted by atomic mass is 9.80. The molecule has 0 aromatic carbocycles. The minimum Gasteiger partial charge on any atom is -0.414 e. The number of nitrogens with two attached hydrogens (primary N) is 2. The van der Waals surface area contributed by atoms with Gasteiger partial charge in [-0.2, -0.15) is 5.90 Å². The molecule has 0 spiro atoms. The van der Waals surface area contributed by atoms with Crippen LogP contribution in [0.2, 0.25) is 0 Å². The first-order valence-electron chi connectivity index (χ1n) is 5.33. The van der Waals surface area contributed by atoms with Gasteiger partial charge < -0.3 is 9.57 Å². The van der Waals surface area contributed by atoms with Crippen molar-refractivity contribution in [3.63, 3.8) is 0 Å². The second kappa shape index (κ2) is 6.63. The van der Waals surface area contributed by atoms with Gasteiger partial charge in [0.15, 0.2) is 6.23 Å². The normalized spacial score (nSPS) is 13.4. The van der Waals surface area contributed by atoms with E-state index in [0.29, 0.717) is 0 Å². The first kappa shape index (κ1) is 14.2. The highest BCUT2D eigenvalue weighted by molar-refractivity contribution is 5.59. The van der Waals surface area contributed by atoms with Crippen molar-refractivity contribution in [2.75, 3.05) is 0 Å². The molecule has 0 bridgehead atoms. The smallest absolute Gasteiger partial charge is 0.414 e. The van der Waals surface area contributed by atoms with Crippen LogP contribution in [0.4, 0.5) is 4.79 Å². The largest absolute Gasteiger partial charge is 0.529 e. The van der Waals surface area contributed by atoms with Gasteiger partial charge in [-0.05, 0) is 12.8 Å². The van der Waals surface area contributed by atoms with E-state index in [1.54, 1.807) is 0 Å². The maximum atomic E-state index is 10.8. The lowest BCUT2D eigenvalue weighted by molar-refractivity contribution is -0.0326. The van der Waals surface area contributed by atoms with Crippen molar-refractivity contribution in [1.29, 1.82) is 0 Å². The molecule has 1 atom stereocenters. The molecule has 0 saturated heterocycles. The van der Waals surface area contributed by atoms with Crippen LogP contribution in [0, 0.1) is 5.41 Å². The predicted molar refractivity (Wildman–Crippen MR) is 57.7 cm³/mol. The zero-order valence-electron chi connectivity index (χ0n) is 9.79. The lowest BCUT2D eigenvalue weighted by Crippen LogP contribution is -2.43. The van der Waals surface area contributed by atoms with E-state index < -0.39 is 12.4 Å². The van der Waals surface area contributed by atoms with Crippen LogP contribution in [-0.4, -0.2) is 12.4 Å². The molecule has 1 unspecified atom stereocenters. The van der Waals surface area contributed by atoms with Crippen molar-refractivity contribution >= 4 is 6.16 Å². The molecule has 0 aliphatic carbocycles. The van der Waals surface area contributed by atoms with Crippen molar-refractivity contribution in [2.45, 2.75) is 52.7 Å². The van der Waals surface area contributed by atoms with Crippen molar-refractivity contribution in [2.24, 2.45) is 17.0 Å². The molecule has 5 nitrogen and oxygen atoms in total. The van der Waals surface area contributed by atoms with E-state index in [0.717, 1.165) is 25.7 Å². The van der Waals surface area contributed by atoms with E-state index in [2.05, 4.69) is 24.6 Å². The summed E-state index contributed by atoms with van der Waals surface area (Å²) in [6.07, 6.45) is 2.19. The Kier molecular flexibility index (Phi) is 6.27. The molecule has 90 valence electrons. The van der Waals surface area contributed by atoms with Crippen LogP contribution in [0.25, 0.3) is 0 Å². The van der Waals surface area contributed by atoms with Crippen LogP contribution in [0.3, 0.4) is 0 Å². The number of hydrogen-bond donors (Lipinski definition) is 2. The zero-order chi connectivity index (χ0) is 11.9. The Morgan fingerprint density at radius 1 is 1.33 bits per heavy atom.